The van der Waals surface area contributed by atoms with Crippen molar-refractivity contribution in [2.75, 3.05) is 13.7 Å². The van der Waals surface area contributed by atoms with Gasteiger partial charge < -0.3 is 18.9 Å². The van der Waals surface area contributed by atoms with Crippen LogP contribution in [0, 0.1) is 0 Å². The fourth-order valence-corrected chi connectivity index (χ4v) is 1.40. The number of hydrogen-bond acceptors (Lipinski definition) is 6. The number of carbonyl (C=O) groups excluding carboxylic acids is 2. The van der Waals surface area contributed by atoms with E-state index in [1.807, 2.05) is 30.3 Å². The van der Waals surface area contributed by atoms with Gasteiger partial charge in [0.2, 0.25) is 6.29 Å². The second-order valence-electron chi connectivity index (χ2n) is 4.27. The molecule has 116 valence electrons. The smallest absolute Gasteiger partial charge is 0.461 e. The Kier molecular flexibility index (Phi) is 7.89. The lowest BCUT2D eigenvalue weighted by molar-refractivity contribution is -0.145. The molecule has 0 amide bonds. The molecular weight excluding hydrogens is 276 g/mol. The van der Waals surface area contributed by atoms with Crippen molar-refractivity contribution in [3.63, 3.8) is 0 Å². The molecule has 0 N–H and O–H groups in total. The largest absolute Gasteiger partial charge is 0.510 e. The summed E-state index contributed by atoms with van der Waals surface area (Å²) in [7, 11) is 1.42. The topological polar surface area (TPSA) is 71.1 Å². The maximum absolute atomic E-state index is 11.5. The average Bonchev–Trinajstić information content (AvgIpc) is 2.50. The molecule has 0 bridgehead atoms. The quantitative estimate of drug-likeness (QED) is 0.417. The summed E-state index contributed by atoms with van der Waals surface area (Å²) in [5.74, 6) is -0.332. The van der Waals surface area contributed by atoms with Gasteiger partial charge in [0.25, 0.3) is 0 Å². The molecule has 0 aliphatic rings. The Hall–Kier alpha value is -2.08. The van der Waals surface area contributed by atoms with E-state index in [-0.39, 0.29) is 25.6 Å². The first-order chi connectivity index (χ1) is 10.1. The molecule has 0 saturated carbocycles. The first kappa shape index (κ1) is 17.0. The lowest BCUT2D eigenvalue weighted by Crippen LogP contribution is -2.18. The molecule has 0 aliphatic heterocycles. The molecule has 1 unspecified atom stereocenters. The number of esters is 1. The standard InChI is InChI=1S/C15H20O6/c1-12(18-2)21-15(17)19-10-6-9-14(16)20-11-13-7-4-3-5-8-13/h3-5,7-8,12H,6,9-11H2,1-2H3. The summed E-state index contributed by atoms with van der Waals surface area (Å²) in [6.07, 6.45) is -0.917. The molecule has 6 nitrogen and oxygen atoms in total. The second-order valence-corrected chi connectivity index (χ2v) is 4.27. The molecule has 1 atom stereocenters. The molecule has 1 aromatic carbocycles. The molecule has 0 aliphatic carbocycles. The Morgan fingerprint density at radius 2 is 1.86 bits per heavy atom. The van der Waals surface area contributed by atoms with Crippen molar-refractivity contribution in [3.05, 3.63) is 35.9 Å². The van der Waals surface area contributed by atoms with Crippen LogP contribution in [0.3, 0.4) is 0 Å². The van der Waals surface area contributed by atoms with Crippen LogP contribution in [0.25, 0.3) is 0 Å². The summed E-state index contributed by atoms with van der Waals surface area (Å²) in [5, 5.41) is 0. The summed E-state index contributed by atoms with van der Waals surface area (Å²) in [6.45, 7) is 1.91. The molecule has 0 aromatic heterocycles. The van der Waals surface area contributed by atoms with Gasteiger partial charge in [0, 0.05) is 13.5 Å². The van der Waals surface area contributed by atoms with Gasteiger partial charge in [-0.25, -0.2) is 4.79 Å². The molecule has 1 rings (SSSR count). The third-order valence-electron chi connectivity index (χ3n) is 2.58. The zero-order valence-corrected chi connectivity index (χ0v) is 12.2. The van der Waals surface area contributed by atoms with E-state index >= 15 is 0 Å². The van der Waals surface area contributed by atoms with Crippen molar-refractivity contribution in [3.8, 4) is 0 Å². The van der Waals surface area contributed by atoms with E-state index in [0.29, 0.717) is 6.42 Å². The molecule has 1 aromatic rings. The number of benzene rings is 1. The summed E-state index contributed by atoms with van der Waals surface area (Å²) < 4.78 is 19.3. The predicted molar refractivity (Wildman–Crippen MR) is 74.4 cm³/mol. The monoisotopic (exact) mass is 296 g/mol. The van der Waals surface area contributed by atoms with E-state index in [1.165, 1.54) is 7.11 Å². The third kappa shape index (κ3) is 7.94. The minimum atomic E-state index is -0.818. The SMILES string of the molecule is COC(C)OC(=O)OCCCC(=O)OCc1ccccc1. The third-order valence-corrected chi connectivity index (χ3v) is 2.58. The molecule has 0 heterocycles. The van der Waals surface area contributed by atoms with Gasteiger partial charge >= 0.3 is 12.1 Å². The molecule has 6 heteroatoms. The van der Waals surface area contributed by atoms with E-state index < -0.39 is 12.4 Å². The van der Waals surface area contributed by atoms with Gasteiger partial charge in [-0.05, 0) is 18.9 Å². The van der Waals surface area contributed by atoms with Gasteiger partial charge in [-0.3, -0.25) is 4.79 Å². The minimum absolute atomic E-state index is 0.0930. The molecule has 0 fully saturated rings. The van der Waals surface area contributed by atoms with Crippen molar-refractivity contribution >= 4 is 12.1 Å². The van der Waals surface area contributed by atoms with E-state index in [2.05, 4.69) is 0 Å². The molecule has 21 heavy (non-hydrogen) atoms. The Balaban J connectivity index is 2.07. The van der Waals surface area contributed by atoms with Gasteiger partial charge in [0.15, 0.2) is 0 Å². The van der Waals surface area contributed by atoms with Crippen LogP contribution in [0.4, 0.5) is 4.79 Å². The van der Waals surface area contributed by atoms with Gasteiger partial charge in [-0.1, -0.05) is 30.3 Å². The Labute approximate surface area is 123 Å². The van der Waals surface area contributed by atoms with Crippen molar-refractivity contribution < 1.29 is 28.5 Å². The molecule has 0 saturated heterocycles. The van der Waals surface area contributed by atoms with Crippen LogP contribution in [0.2, 0.25) is 0 Å². The highest BCUT2D eigenvalue weighted by Crippen LogP contribution is 2.03. The highest BCUT2D eigenvalue weighted by molar-refractivity contribution is 5.69. The maximum atomic E-state index is 11.5. The maximum Gasteiger partial charge on any atom is 0.510 e. The number of ether oxygens (including phenoxy) is 4. The summed E-state index contributed by atoms with van der Waals surface area (Å²) in [5.41, 5.74) is 0.930. The highest BCUT2D eigenvalue weighted by Gasteiger charge is 2.10. The van der Waals surface area contributed by atoms with E-state index in [0.717, 1.165) is 5.56 Å². The molecular formula is C15H20O6. The fraction of sp³-hybridized carbons (Fsp3) is 0.467. The zero-order chi connectivity index (χ0) is 15.5. The summed E-state index contributed by atoms with van der Waals surface area (Å²) in [6, 6.07) is 9.41. The Bertz CT molecular complexity index is 431. The van der Waals surface area contributed by atoms with Gasteiger partial charge in [0.05, 0.1) is 6.61 Å². The Morgan fingerprint density at radius 3 is 2.52 bits per heavy atom. The van der Waals surface area contributed by atoms with E-state index in [4.69, 9.17) is 18.9 Å². The van der Waals surface area contributed by atoms with Crippen LogP contribution < -0.4 is 0 Å². The predicted octanol–water partition coefficient (Wildman–Crippen LogP) is 2.66. The fourth-order valence-electron chi connectivity index (χ4n) is 1.40. The van der Waals surface area contributed by atoms with Crippen molar-refractivity contribution in [1.29, 1.82) is 0 Å². The van der Waals surface area contributed by atoms with E-state index in [9.17, 15) is 9.59 Å². The average molecular weight is 296 g/mol. The van der Waals surface area contributed by atoms with Crippen molar-refractivity contribution in [2.45, 2.75) is 32.7 Å². The number of hydrogen-bond donors (Lipinski definition) is 0. The normalized spacial score (nSPS) is 11.5. The highest BCUT2D eigenvalue weighted by atomic mass is 16.8. The van der Waals surface area contributed by atoms with Gasteiger partial charge in [0.1, 0.15) is 6.61 Å². The van der Waals surface area contributed by atoms with Crippen LogP contribution in [0.1, 0.15) is 25.3 Å². The lowest BCUT2D eigenvalue weighted by atomic mass is 10.2. The van der Waals surface area contributed by atoms with Crippen LogP contribution in [0.5, 0.6) is 0 Å². The lowest BCUT2D eigenvalue weighted by Gasteiger charge is -2.10. The van der Waals surface area contributed by atoms with Crippen LogP contribution in [-0.2, 0) is 30.3 Å². The van der Waals surface area contributed by atoms with Crippen LogP contribution in [0.15, 0.2) is 30.3 Å². The molecule has 0 radical (unpaired) electrons. The van der Waals surface area contributed by atoms with E-state index in [1.54, 1.807) is 6.92 Å². The Morgan fingerprint density at radius 1 is 1.14 bits per heavy atom. The number of rotatable bonds is 8. The minimum Gasteiger partial charge on any atom is -0.461 e. The van der Waals surface area contributed by atoms with Gasteiger partial charge in [-0.15, -0.1) is 0 Å². The van der Waals surface area contributed by atoms with Crippen LogP contribution in [-0.4, -0.2) is 32.1 Å². The van der Waals surface area contributed by atoms with Crippen molar-refractivity contribution in [2.24, 2.45) is 0 Å². The number of methoxy groups -OCH3 is 1. The zero-order valence-electron chi connectivity index (χ0n) is 12.2. The summed E-state index contributed by atoms with van der Waals surface area (Å²) >= 11 is 0. The van der Waals surface area contributed by atoms with Gasteiger partial charge in [-0.2, -0.15) is 0 Å². The number of carbonyl (C=O) groups is 2. The second kappa shape index (κ2) is 9.77. The first-order valence-electron chi connectivity index (χ1n) is 6.67. The summed E-state index contributed by atoms with van der Waals surface area (Å²) in [4.78, 5) is 22.6. The molecule has 0 spiro atoms. The first-order valence-corrected chi connectivity index (χ1v) is 6.67. The van der Waals surface area contributed by atoms with Crippen molar-refractivity contribution in [1.82, 2.24) is 0 Å². The van der Waals surface area contributed by atoms with Crippen LogP contribution >= 0.6 is 0 Å².